The van der Waals surface area contributed by atoms with Crippen LogP contribution < -0.4 is 10.6 Å². The van der Waals surface area contributed by atoms with Crippen LogP contribution in [0.1, 0.15) is 18.8 Å². The zero-order chi connectivity index (χ0) is 22.9. The largest absolute Gasteiger partial charge is 0.450 e. The molecule has 0 aromatic heterocycles. The Morgan fingerprint density at radius 2 is 1.44 bits per heavy atom. The summed E-state index contributed by atoms with van der Waals surface area (Å²) in [5.41, 5.74) is 0.970. The van der Waals surface area contributed by atoms with Crippen molar-refractivity contribution >= 4 is 24.7 Å². The minimum Gasteiger partial charge on any atom is -0.450 e. The topological polar surface area (TPSA) is 58.5 Å². The molecule has 3 aromatic carbocycles. The first kappa shape index (κ1) is 21.9. The Bertz CT molecular complexity index is 1090. The third-order valence-corrected chi connectivity index (χ3v) is 8.19. The maximum Gasteiger partial charge on any atom is 0.227 e. The second-order valence-corrected chi connectivity index (χ2v) is 10.3. The zero-order valence-corrected chi connectivity index (χ0v) is 19.7. The molecule has 3 aromatic rings. The van der Waals surface area contributed by atoms with Crippen molar-refractivity contribution in [2.45, 2.75) is 43.9 Å². The van der Waals surface area contributed by atoms with Gasteiger partial charge in [0.05, 0.1) is 14.8 Å². The van der Waals surface area contributed by atoms with Gasteiger partial charge in [-0.15, -0.1) is 0 Å². The molecule has 6 rings (SSSR count). The fourth-order valence-corrected chi connectivity index (χ4v) is 6.54. The first-order valence-electron chi connectivity index (χ1n) is 11.5. The van der Waals surface area contributed by atoms with Gasteiger partial charge in [-0.05, 0) is 0 Å². The smallest absolute Gasteiger partial charge is 0.227 e. The molecule has 34 heavy (non-hydrogen) atoms. The first-order chi connectivity index (χ1) is 16.8. The quantitative estimate of drug-likeness (QED) is 0.521. The van der Waals surface area contributed by atoms with Crippen LogP contribution in [-0.4, -0.2) is 43.1 Å². The Kier molecular flexibility index (Phi) is 6.16. The van der Waals surface area contributed by atoms with Crippen molar-refractivity contribution in [1.82, 2.24) is 0 Å². The summed E-state index contributed by atoms with van der Waals surface area (Å²) in [5.74, 6) is 0.603. The standard InChI is InChI=1S/C27H26NO5P/c1-18-28-23-25(33-34(20-13-7-3-8-14-20)21-15-9-4-10-16-21)24-22(31-27(23)30-18)17-29-26(32-24)19-11-5-2-6-12-19/h2-16,22-27H,17H2,1H3/t22-,23-,24-,25-,26?,27?/m1/s1. The highest BCUT2D eigenvalue weighted by Crippen LogP contribution is 2.45. The van der Waals surface area contributed by atoms with Crippen molar-refractivity contribution in [3.63, 3.8) is 0 Å². The van der Waals surface area contributed by atoms with E-state index < -0.39 is 20.7 Å². The Labute approximate surface area is 200 Å². The van der Waals surface area contributed by atoms with Crippen molar-refractivity contribution in [1.29, 1.82) is 0 Å². The van der Waals surface area contributed by atoms with Gasteiger partial charge in [-0.3, -0.25) is 0 Å². The van der Waals surface area contributed by atoms with Crippen molar-refractivity contribution < 1.29 is 23.5 Å². The summed E-state index contributed by atoms with van der Waals surface area (Å²) in [6.07, 6.45) is -2.01. The predicted molar refractivity (Wildman–Crippen MR) is 131 cm³/mol. The fraction of sp³-hybridized carbons (Fsp3) is 0.296. The summed E-state index contributed by atoms with van der Waals surface area (Å²) >= 11 is 0. The van der Waals surface area contributed by atoms with Crippen LogP contribution in [0.2, 0.25) is 0 Å². The van der Waals surface area contributed by atoms with Gasteiger partial charge in [0.15, 0.2) is 12.2 Å². The molecular weight excluding hydrogens is 449 g/mol. The average Bonchev–Trinajstić information content (AvgIpc) is 3.27. The molecule has 3 heterocycles. The van der Waals surface area contributed by atoms with Crippen molar-refractivity contribution in [3.05, 3.63) is 96.6 Å². The fourth-order valence-electron chi connectivity index (χ4n) is 4.62. The normalized spacial score (nSPS) is 30.2. The molecule has 3 aliphatic heterocycles. The summed E-state index contributed by atoms with van der Waals surface area (Å²) in [7, 11) is -1.11. The van der Waals surface area contributed by atoms with Crippen molar-refractivity contribution in [2.75, 3.05) is 6.61 Å². The summed E-state index contributed by atoms with van der Waals surface area (Å²) in [6, 6.07) is 30.3. The van der Waals surface area contributed by atoms with Crippen LogP contribution >= 0.6 is 8.15 Å². The van der Waals surface area contributed by atoms with Gasteiger partial charge in [0.25, 0.3) is 0 Å². The van der Waals surface area contributed by atoms with Crippen LogP contribution in [0.5, 0.6) is 0 Å². The Morgan fingerprint density at radius 1 is 0.824 bits per heavy atom. The SMILES string of the molecule is CC1=N[C@H]2C(O1)O[C@@H]1COC(c3ccccc3)O[C@H]1[C@@H]2OP(c1ccccc1)c1ccccc1. The summed E-state index contributed by atoms with van der Waals surface area (Å²) in [4.78, 5) is 4.76. The number of benzene rings is 3. The lowest BCUT2D eigenvalue weighted by Crippen LogP contribution is -2.61. The molecule has 2 unspecified atom stereocenters. The second-order valence-electron chi connectivity index (χ2n) is 8.51. The second kappa shape index (κ2) is 9.57. The van der Waals surface area contributed by atoms with Gasteiger partial charge in [0, 0.05) is 23.1 Å². The number of ether oxygens (including phenoxy) is 4. The molecule has 0 saturated carbocycles. The van der Waals surface area contributed by atoms with Gasteiger partial charge < -0.3 is 23.5 Å². The van der Waals surface area contributed by atoms with Crippen LogP contribution in [0.3, 0.4) is 0 Å². The van der Waals surface area contributed by atoms with Crippen molar-refractivity contribution in [2.24, 2.45) is 4.99 Å². The van der Waals surface area contributed by atoms with Crippen LogP contribution in [0.25, 0.3) is 0 Å². The molecule has 6 atom stereocenters. The lowest BCUT2D eigenvalue weighted by Gasteiger charge is -2.47. The number of rotatable bonds is 5. The average molecular weight is 475 g/mol. The maximum absolute atomic E-state index is 7.00. The molecule has 0 amide bonds. The van der Waals surface area contributed by atoms with E-state index in [4.69, 9.17) is 28.5 Å². The molecule has 6 nitrogen and oxygen atoms in total. The van der Waals surface area contributed by atoms with Gasteiger partial charge >= 0.3 is 0 Å². The summed E-state index contributed by atoms with van der Waals surface area (Å²) in [5, 5.41) is 2.27. The van der Waals surface area contributed by atoms with E-state index in [1.165, 1.54) is 0 Å². The Morgan fingerprint density at radius 3 is 2.09 bits per heavy atom. The van der Waals surface area contributed by atoms with Gasteiger partial charge in [0.2, 0.25) is 6.29 Å². The molecule has 174 valence electrons. The van der Waals surface area contributed by atoms with Gasteiger partial charge in [0.1, 0.15) is 24.4 Å². The number of hydrogen-bond donors (Lipinski definition) is 0. The van der Waals surface area contributed by atoms with Crippen LogP contribution in [-0.2, 0) is 23.5 Å². The molecule has 0 spiro atoms. The van der Waals surface area contributed by atoms with E-state index in [1.807, 2.05) is 73.7 Å². The van der Waals surface area contributed by atoms with E-state index in [0.29, 0.717) is 12.5 Å². The summed E-state index contributed by atoms with van der Waals surface area (Å²) in [6.45, 7) is 2.24. The number of hydrogen-bond acceptors (Lipinski definition) is 6. The first-order valence-corrected chi connectivity index (χ1v) is 12.8. The third-order valence-electron chi connectivity index (χ3n) is 6.21. The lowest BCUT2D eigenvalue weighted by atomic mass is 9.96. The predicted octanol–water partition coefficient (Wildman–Crippen LogP) is 4.08. The van der Waals surface area contributed by atoms with E-state index in [0.717, 1.165) is 16.2 Å². The highest BCUT2D eigenvalue weighted by Gasteiger charge is 2.54. The molecule has 2 saturated heterocycles. The maximum atomic E-state index is 7.00. The Hall–Kier alpha value is -2.60. The molecule has 0 bridgehead atoms. The van der Waals surface area contributed by atoms with E-state index >= 15 is 0 Å². The Balaban J connectivity index is 1.36. The highest BCUT2D eigenvalue weighted by molar-refractivity contribution is 7.68. The highest BCUT2D eigenvalue weighted by atomic mass is 31.1. The van der Waals surface area contributed by atoms with Gasteiger partial charge in [-0.1, -0.05) is 91.0 Å². The van der Waals surface area contributed by atoms with E-state index in [-0.39, 0.29) is 24.4 Å². The molecule has 0 radical (unpaired) electrons. The zero-order valence-electron chi connectivity index (χ0n) is 18.8. The summed E-state index contributed by atoms with van der Waals surface area (Å²) < 4.78 is 31.7. The van der Waals surface area contributed by atoms with Crippen LogP contribution in [0.4, 0.5) is 0 Å². The van der Waals surface area contributed by atoms with Crippen LogP contribution in [0.15, 0.2) is 96.0 Å². The lowest BCUT2D eigenvalue weighted by molar-refractivity contribution is -0.326. The van der Waals surface area contributed by atoms with E-state index in [1.54, 1.807) is 0 Å². The minimum absolute atomic E-state index is 0.310. The molecule has 0 N–H and O–H groups in total. The number of nitrogens with zero attached hydrogens (tertiary/aromatic N) is 1. The van der Waals surface area contributed by atoms with Crippen LogP contribution in [0, 0.1) is 0 Å². The van der Waals surface area contributed by atoms with E-state index in [2.05, 4.69) is 24.3 Å². The molecule has 7 heteroatoms. The van der Waals surface area contributed by atoms with Gasteiger partial charge in [-0.2, -0.15) is 0 Å². The van der Waals surface area contributed by atoms with Crippen molar-refractivity contribution in [3.8, 4) is 0 Å². The number of fused-ring (bicyclic) bond motifs is 2. The van der Waals surface area contributed by atoms with Gasteiger partial charge in [-0.25, -0.2) is 4.99 Å². The molecule has 3 aliphatic rings. The monoisotopic (exact) mass is 475 g/mol. The number of aliphatic imine (C=N–C) groups is 1. The van der Waals surface area contributed by atoms with E-state index in [9.17, 15) is 0 Å². The molecule has 2 fully saturated rings. The molecular formula is C27H26NO5P. The third kappa shape index (κ3) is 4.28. The molecule has 0 aliphatic carbocycles. The minimum atomic E-state index is -1.11.